The molecule has 2 aromatic carbocycles. The first-order valence-corrected chi connectivity index (χ1v) is 8.04. The minimum atomic E-state index is -0.258. The quantitative estimate of drug-likeness (QED) is 0.419. The molecule has 9 heteroatoms. The summed E-state index contributed by atoms with van der Waals surface area (Å²) in [5.74, 6) is -0.494. The first kappa shape index (κ1) is 16.4. The fraction of sp³-hybridized carbons (Fsp3) is 0. The summed E-state index contributed by atoms with van der Waals surface area (Å²) in [6, 6.07) is 14.2. The van der Waals surface area contributed by atoms with Crippen LogP contribution in [0.2, 0.25) is 0 Å². The maximum Gasteiger partial charge on any atom is 0.257 e. The van der Waals surface area contributed by atoms with Gasteiger partial charge in [0.2, 0.25) is 5.96 Å². The average molecular weight is 353 g/mol. The van der Waals surface area contributed by atoms with E-state index >= 15 is 0 Å². The molecule has 0 aliphatic carbocycles. The van der Waals surface area contributed by atoms with Crippen LogP contribution in [0.4, 0.5) is 10.8 Å². The Morgan fingerprint density at radius 2 is 1.76 bits per heavy atom. The topological polar surface area (TPSA) is 145 Å². The van der Waals surface area contributed by atoms with E-state index in [1.165, 1.54) is 11.3 Å². The zero-order valence-corrected chi connectivity index (χ0v) is 13.8. The van der Waals surface area contributed by atoms with Crippen molar-refractivity contribution in [2.45, 2.75) is 0 Å². The summed E-state index contributed by atoms with van der Waals surface area (Å²) >= 11 is 1.42. The normalized spacial score (nSPS) is 11.3. The van der Waals surface area contributed by atoms with Crippen molar-refractivity contribution in [1.29, 1.82) is 0 Å². The number of carbonyl (C=O) groups is 1. The van der Waals surface area contributed by atoms with Gasteiger partial charge in [0.15, 0.2) is 11.1 Å². The number of aromatic nitrogens is 1. The Labute approximate surface area is 147 Å². The van der Waals surface area contributed by atoms with E-state index in [9.17, 15) is 4.79 Å². The van der Waals surface area contributed by atoms with Gasteiger partial charge in [0, 0.05) is 5.56 Å². The summed E-state index contributed by atoms with van der Waals surface area (Å²) in [5.41, 5.74) is 17.8. The van der Waals surface area contributed by atoms with Crippen molar-refractivity contribution < 1.29 is 4.79 Å². The second-order valence-electron chi connectivity index (χ2n) is 4.99. The van der Waals surface area contributed by atoms with E-state index in [4.69, 9.17) is 17.2 Å². The van der Waals surface area contributed by atoms with Crippen molar-refractivity contribution in [1.82, 2.24) is 4.98 Å². The molecule has 8 nitrogen and oxygen atoms in total. The van der Waals surface area contributed by atoms with Crippen molar-refractivity contribution in [3.8, 4) is 0 Å². The van der Waals surface area contributed by atoms with Crippen molar-refractivity contribution in [3.63, 3.8) is 0 Å². The Morgan fingerprint density at radius 1 is 1.04 bits per heavy atom. The molecule has 0 unspecified atom stereocenters. The number of amides is 1. The van der Waals surface area contributed by atoms with E-state index in [0.29, 0.717) is 16.4 Å². The Balaban J connectivity index is 1.73. The molecule has 1 heterocycles. The second kappa shape index (κ2) is 6.97. The van der Waals surface area contributed by atoms with Crippen LogP contribution in [0.3, 0.4) is 0 Å². The third-order valence-corrected chi connectivity index (χ3v) is 4.08. The molecule has 0 aliphatic heterocycles. The van der Waals surface area contributed by atoms with Crippen molar-refractivity contribution in [2.75, 3.05) is 5.32 Å². The minimum absolute atomic E-state index is 0.0633. The number of benzene rings is 2. The number of guanidine groups is 2. The molecule has 25 heavy (non-hydrogen) atoms. The molecule has 0 atom stereocenters. The summed E-state index contributed by atoms with van der Waals surface area (Å²) < 4.78 is 1.01. The van der Waals surface area contributed by atoms with Gasteiger partial charge in [0.05, 0.1) is 15.9 Å². The van der Waals surface area contributed by atoms with E-state index in [-0.39, 0.29) is 17.8 Å². The zero-order chi connectivity index (χ0) is 17.8. The van der Waals surface area contributed by atoms with E-state index in [2.05, 4.69) is 20.3 Å². The molecule has 0 spiro atoms. The Morgan fingerprint density at radius 3 is 2.44 bits per heavy atom. The summed E-state index contributed by atoms with van der Waals surface area (Å²) in [4.78, 5) is 24.3. The molecule has 0 bridgehead atoms. The largest absolute Gasteiger partial charge is 0.370 e. The number of carbonyl (C=O) groups excluding carboxylic acids is 1. The number of nitrogens with zero attached hydrogens (tertiary/aromatic N) is 3. The molecule has 0 radical (unpaired) electrons. The van der Waals surface area contributed by atoms with Gasteiger partial charge in [-0.05, 0) is 36.4 Å². The van der Waals surface area contributed by atoms with Gasteiger partial charge in [0.25, 0.3) is 5.91 Å². The Hall–Kier alpha value is -3.46. The average Bonchev–Trinajstić information content (AvgIpc) is 2.96. The molecule has 7 N–H and O–H groups in total. The number of anilines is 1. The van der Waals surface area contributed by atoms with Crippen LogP contribution in [0.1, 0.15) is 10.4 Å². The van der Waals surface area contributed by atoms with Gasteiger partial charge in [-0.2, -0.15) is 4.99 Å². The molecule has 0 fully saturated rings. The number of hydrogen-bond acceptors (Lipinski definition) is 4. The molecular formula is C16H15N7OS. The summed E-state index contributed by atoms with van der Waals surface area (Å²) in [5, 5.41) is 3.33. The van der Waals surface area contributed by atoms with Crippen molar-refractivity contribution >= 4 is 50.2 Å². The van der Waals surface area contributed by atoms with Crippen LogP contribution in [-0.4, -0.2) is 22.8 Å². The maximum absolute atomic E-state index is 12.3. The van der Waals surface area contributed by atoms with E-state index in [1.54, 1.807) is 24.3 Å². The van der Waals surface area contributed by atoms with Crippen molar-refractivity contribution in [2.24, 2.45) is 27.2 Å². The number of fused-ring (bicyclic) bond motifs is 1. The fourth-order valence-electron chi connectivity index (χ4n) is 2.07. The first-order valence-electron chi connectivity index (χ1n) is 7.22. The highest BCUT2D eigenvalue weighted by Crippen LogP contribution is 2.25. The highest BCUT2D eigenvalue weighted by Gasteiger charge is 2.09. The van der Waals surface area contributed by atoms with Crippen LogP contribution in [-0.2, 0) is 0 Å². The van der Waals surface area contributed by atoms with E-state index in [0.717, 1.165) is 10.2 Å². The molecule has 1 amide bonds. The highest BCUT2D eigenvalue weighted by molar-refractivity contribution is 7.22. The molecule has 0 saturated heterocycles. The number of aliphatic imine (C=N–C) groups is 2. The van der Waals surface area contributed by atoms with Gasteiger partial charge < -0.3 is 17.2 Å². The highest BCUT2D eigenvalue weighted by atomic mass is 32.1. The summed E-state index contributed by atoms with van der Waals surface area (Å²) in [6.45, 7) is 0. The van der Waals surface area contributed by atoms with E-state index < -0.39 is 0 Å². The van der Waals surface area contributed by atoms with E-state index in [1.807, 2.05) is 24.3 Å². The molecule has 126 valence electrons. The number of para-hydroxylation sites is 1. The third kappa shape index (κ3) is 4.09. The maximum atomic E-state index is 12.3. The Kier molecular flexibility index (Phi) is 4.57. The molecule has 0 aliphatic rings. The molecule has 3 rings (SSSR count). The molecule has 0 saturated carbocycles. The lowest BCUT2D eigenvalue weighted by Crippen LogP contribution is -2.26. The Bertz CT molecular complexity index is 939. The minimum Gasteiger partial charge on any atom is -0.370 e. The number of hydrogen-bond donors (Lipinski definition) is 4. The van der Waals surface area contributed by atoms with Gasteiger partial charge >= 0.3 is 0 Å². The smallest absolute Gasteiger partial charge is 0.257 e. The van der Waals surface area contributed by atoms with Crippen LogP contribution in [0.25, 0.3) is 10.2 Å². The monoisotopic (exact) mass is 353 g/mol. The van der Waals surface area contributed by atoms with Crippen LogP contribution >= 0.6 is 11.3 Å². The summed E-state index contributed by atoms with van der Waals surface area (Å²) in [6.07, 6.45) is 0. The van der Waals surface area contributed by atoms with Crippen LogP contribution in [0.15, 0.2) is 58.5 Å². The number of nitrogens with one attached hydrogen (secondary N) is 1. The van der Waals surface area contributed by atoms with Gasteiger partial charge in [-0.25, -0.2) is 9.98 Å². The van der Waals surface area contributed by atoms with Gasteiger partial charge in [-0.3, -0.25) is 10.1 Å². The molecule has 1 aromatic heterocycles. The predicted molar refractivity (Wildman–Crippen MR) is 101 cm³/mol. The predicted octanol–water partition coefficient (Wildman–Crippen LogP) is 1.77. The standard InChI is InChI=1S/C16H15N7OS/c17-14(18)23-15(19)20-10-7-5-9(6-8-10)13(24)22-16-21-11-3-1-2-4-12(11)25-16/h1-8H,(H,21,22,24)(H6,17,18,19,20,23). The van der Waals surface area contributed by atoms with Gasteiger partial charge in [-0.15, -0.1) is 0 Å². The van der Waals surface area contributed by atoms with Gasteiger partial charge in [-0.1, -0.05) is 23.5 Å². The number of nitrogens with two attached hydrogens (primary N) is 3. The number of thiazole rings is 1. The third-order valence-electron chi connectivity index (χ3n) is 3.13. The van der Waals surface area contributed by atoms with Crippen LogP contribution in [0.5, 0.6) is 0 Å². The fourth-order valence-corrected chi connectivity index (χ4v) is 2.93. The lowest BCUT2D eigenvalue weighted by molar-refractivity contribution is 0.102. The lowest BCUT2D eigenvalue weighted by Gasteiger charge is -2.02. The zero-order valence-electron chi connectivity index (χ0n) is 13.0. The first-order chi connectivity index (χ1) is 12.0. The van der Waals surface area contributed by atoms with Gasteiger partial charge in [0.1, 0.15) is 0 Å². The lowest BCUT2D eigenvalue weighted by atomic mass is 10.2. The SMILES string of the molecule is NC(N)=NC(N)=Nc1ccc(C(=O)Nc2nc3ccccc3s2)cc1. The molecule has 3 aromatic rings. The number of rotatable bonds is 3. The van der Waals surface area contributed by atoms with Crippen molar-refractivity contribution in [3.05, 3.63) is 54.1 Å². The van der Waals surface area contributed by atoms with Crippen LogP contribution in [0, 0.1) is 0 Å². The second-order valence-corrected chi connectivity index (χ2v) is 6.03. The molecular weight excluding hydrogens is 338 g/mol. The summed E-state index contributed by atoms with van der Waals surface area (Å²) in [7, 11) is 0. The van der Waals surface area contributed by atoms with Crippen LogP contribution < -0.4 is 22.5 Å².